The van der Waals surface area contributed by atoms with E-state index in [1.807, 2.05) is 0 Å². The number of hydrogen-bond donors (Lipinski definition) is 2. The molecule has 6 heteroatoms. The first kappa shape index (κ1) is 11.5. The van der Waals surface area contributed by atoms with Gasteiger partial charge in [0.25, 0.3) is 0 Å². The Hall–Kier alpha value is -0.980. The lowest BCUT2D eigenvalue weighted by molar-refractivity contribution is 0.218. The number of nitrogen functional groups attached to an aromatic ring is 1. The highest BCUT2D eigenvalue weighted by Crippen LogP contribution is 2.30. The number of thiazole rings is 1. The number of aliphatic hydroxyl groups is 1. The second-order valence-electron chi connectivity index (χ2n) is 3.17. The molecule has 0 aliphatic heterocycles. The molecule has 1 unspecified atom stereocenters. The lowest BCUT2D eigenvalue weighted by Gasteiger charge is -2.09. The third kappa shape index (κ3) is 2.23. The van der Waals surface area contributed by atoms with E-state index in [1.54, 1.807) is 6.07 Å². The summed E-state index contributed by atoms with van der Waals surface area (Å²) in [5.41, 5.74) is 5.67. The monoisotopic (exact) mass is 302 g/mol. The van der Waals surface area contributed by atoms with Crippen LogP contribution in [0.1, 0.15) is 16.5 Å². The zero-order valence-electron chi connectivity index (χ0n) is 8.02. The summed E-state index contributed by atoms with van der Waals surface area (Å²) in [6, 6.07) is 4.51. The number of nitrogens with zero attached hydrogens (tertiary/aromatic N) is 1. The van der Waals surface area contributed by atoms with Gasteiger partial charge in [-0.25, -0.2) is 9.37 Å². The van der Waals surface area contributed by atoms with Gasteiger partial charge in [0.05, 0.1) is 4.88 Å². The molecule has 0 radical (unpaired) electrons. The van der Waals surface area contributed by atoms with Crippen LogP contribution >= 0.6 is 27.3 Å². The van der Waals surface area contributed by atoms with Crippen LogP contribution in [-0.2, 0) is 0 Å². The molecule has 1 aromatic carbocycles. The Morgan fingerprint density at radius 1 is 1.50 bits per heavy atom. The molecule has 0 aliphatic carbocycles. The third-order valence-corrected chi connectivity index (χ3v) is 3.44. The van der Waals surface area contributed by atoms with Crippen LogP contribution in [-0.4, -0.2) is 10.1 Å². The fourth-order valence-electron chi connectivity index (χ4n) is 1.30. The van der Waals surface area contributed by atoms with Crippen LogP contribution in [0.25, 0.3) is 0 Å². The van der Waals surface area contributed by atoms with E-state index in [4.69, 9.17) is 5.73 Å². The minimum atomic E-state index is -1.03. The fraction of sp³-hybridized carbons (Fsp3) is 0.100. The largest absolute Gasteiger partial charge is 0.383 e. The van der Waals surface area contributed by atoms with Gasteiger partial charge < -0.3 is 10.8 Å². The van der Waals surface area contributed by atoms with Gasteiger partial charge in [0.15, 0.2) is 5.13 Å². The van der Waals surface area contributed by atoms with Gasteiger partial charge in [-0.05, 0) is 12.1 Å². The Kier molecular flexibility index (Phi) is 3.22. The highest BCUT2D eigenvalue weighted by Gasteiger charge is 2.17. The average molecular weight is 303 g/mol. The van der Waals surface area contributed by atoms with Crippen molar-refractivity contribution in [2.75, 3.05) is 5.73 Å². The van der Waals surface area contributed by atoms with Crippen LogP contribution in [0.15, 0.2) is 28.9 Å². The van der Waals surface area contributed by atoms with E-state index < -0.39 is 11.9 Å². The maximum absolute atomic E-state index is 13.6. The third-order valence-electron chi connectivity index (χ3n) is 2.07. The van der Waals surface area contributed by atoms with E-state index in [9.17, 15) is 9.50 Å². The SMILES string of the molecule is Nc1ncc(C(O)c2ccc(Br)cc2F)s1. The highest BCUT2D eigenvalue weighted by molar-refractivity contribution is 9.10. The minimum absolute atomic E-state index is 0.215. The normalized spacial score (nSPS) is 12.7. The van der Waals surface area contributed by atoms with Crippen LogP contribution in [0.3, 0.4) is 0 Å². The molecule has 3 nitrogen and oxygen atoms in total. The number of rotatable bonds is 2. The molecule has 1 atom stereocenters. The molecule has 0 saturated carbocycles. The molecule has 0 bridgehead atoms. The Bertz CT molecular complexity index is 517. The molecule has 84 valence electrons. The summed E-state index contributed by atoms with van der Waals surface area (Å²) in [4.78, 5) is 4.34. The predicted molar refractivity (Wildman–Crippen MR) is 64.7 cm³/mol. The van der Waals surface area contributed by atoms with E-state index in [0.717, 1.165) is 11.3 Å². The summed E-state index contributed by atoms with van der Waals surface area (Å²) in [6.07, 6.45) is 0.425. The van der Waals surface area contributed by atoms with Gasteiger partial charge in [-0.1, -0.05) is 33.3 Å². The number of nitrogens with two attached hydrogens (primary N) is 1. The van der Waals surface area contributed by atoms with Crippen molar-refractivity contribution in [3.8, 4) is 0 Å². The number of anilines is 1. The molecule has 0 fully saturated rings. The Morgan fingerprint density at radius 3 is 2.81 bits per heavy atom. The second kappa shape index (κ2) is 4.48. The Morgan fingerprint density at radius 2 is 2.25 bits per heavy atom. The van der Waals surface area contributed by atoms with Crippen LogP contribution in [0, 0.1) is 5.82 Å². The highest BCUT2D eigenvalue weighted by atomic mass is 79.9. The zero-order chi connectivity index (χ0) is 11.7. The van der Waals surface area contributed by atoms with Crippen LogP contribution in [0.4, 0.5) is 9.52 Å². The quantitative estimate of drug-likeness (QED) is 0.897. The molecule has 0 aliphatic rings. The van der Waals surface area contributed by atoms with Crippen molar-refractivity contribution in [3.63, 3.8) is 0 Å². The van der Waals surface area contributed by atoms with E-state index >= 15 is 0 Å². The first-order chi connectivity index (χ1) is 7.58. The number of halogens is 2. The summed E-state index contributed by atoms with van der Waals surface area (Å²) >= 11 is 4.30. The molecule has 16 heavy (non-hydrogen) atoms. The Balaban J connectivity index is 2.37. The van der Waals surface area contributed by atoms with Crippen molar-refractivity contribution >= 4 is 32.4 Å². The fourth-order valence-corrected chi connectivity index (χ4v) is 2.33. The molecule has 1 heterocycles. The molecule has 2 rings (SSSR count). The topological polar surface area (TPSA) is 59.1 Å². The van der Waals surface area contributed by atoms with Gasteiger partial charge in [0, 0.05) is 16.2 Å². The van der Waals surface area contributed by atoms with Crippen LogP contribution in [0.5, 0.6) is 0 Å². The molecule has 1 aromatic heterocycles. The number of aromatic nitrogens is 1. The minimum Gasteiger partial charge on any atom is -0.383 e. The second-order valence-corrected chi connectivity index (χ2v) is 5.18. The standard InChI is InChI=1S/C10H8BrFN2OS/c11-5-1-2-6(7(12)3-5)9(15)8-4-14-10(13)16-8/h1-4,9,15H,(H2,13,14). The summed E-state index contributed by atoms with van der Waals surface area (Å²) in [7, 11) is 0. The first-order valence-corrected chi connectivity index (χ1v) is 6.03. The first-order valence-electron chi connectivity index (χ1n) is 4.42. The average Bonchev–Trinajstić information content (AvgIpc) is 2.64. The van der Waals surface area contributed by atoms with Crippen molar-refractivity contribution in [3.05, 3.63) is 45.1 Å². The van der Waals surface area contributed by atoms with Crippen LogP contribution < -0.4 is 5.73 Å². The van der Waals surface area contributed by atoms with E-state index in [2.05, 4.69) is 20.9 Å². The van der Waals surface area contributed by atoms with E-state index in [0.29, 0.717) is 14.5 Å². The lowest BCUT2D eigenvalue weighted by Crippen LogP contribution is -2.00. The van der Waals surface area contributed by atoms with Crippen molar-refractivity contribution in [2.45, 2.75) is 6.10 Å². The van der Waals surface area contributed by atoms with Gasteiger partial charge in [-0.15, -0.1) is 0 Å². The van der Waals surface area contributed by atoms with Crippen molar-refractivity contribution in [1.82, 2.24) is 4.98 Å². The maximum Gasteiger partial charge on any atom is 0.180 e. The smallest absolute Gasteiger partial charge is 0.180 e. The van der Waals surface area contributed by atoms with Gasteiger partial charge in [-0.2, -0.15) is 0 Å². The molecular weight excluding hydrogens is 295 g/mol. The van der Waals surface area contributed by atoms with Gasteiger partial charge in [0.1, 0.15) is 11.9 Å². The number of benzene rings is 1. The molecule has 3 N–H and O–H groups in total. The van der Waals surface area contributed by atoms with Gasteiger partial charge in [0.2, 0.25) is 0 Å². The number of hydrogen-bond acceptors (Lipinski definition) is 4. The molecule has 0 saturated heterocycles. The van der Waals surface area contributed by atoms with Gasteiger partial charge >= 0.3 is 0 Å². The van der Waals surface area contributed by atoms with E-state index in [1.165, 1.54) is 18.3 Å². The predicted octanol–water partition coefficient (Wildman–Crippen LogP) is 2.71. The van der Waals surface area contributed by atoms with E-state index in [-0.39, 0.29) is 5.56 Å². The van der Waals surface area contributed by atoms with Crippen molar-refractivity contribution in [2.24, 2.45) is 0 Å². The summed E-state index contributed by atoms with van der Waals surface area (Å²) < 4.78 is 14.2. The molecule has 0 amide bonds. The zero-order valence-corrected chi connectivity index (χ0v) is 10.4. The lowest BCUT2D eigenvalue weighted by atomic mass is 10.1. The summed E-state index contributed by atoms with van der Waals surface area (Å²) in [5, 5.41) is 10.3. The number of aliphatic hydroxyl groups excluding tert-OH is 1. The van der Waals surface area contributed by atoms with Crippen molar-refractivity contribution in [1.29, 1.82) is 0 Å². The molecule has 0 spiro atoms. The van der Waals surface area contributed by atoms with Gasteiger partial charge in [-0.3, -0.25) is 0 Å². The molecular formula is C10H8BrFN2OS. The summed E-state index contributed by atoms with van der Waals surface area (Å²) in [5.74, 6) is -0.464. The van der Waals surface area contributed by atoms with Crippen LogP contribution in [0.2, 0.25) is 0 Å². The maximum atomic E-state index is 13.6. The summed E-state index contributed by atoms with van der Waals surface area (Å²) in [6.45, 7) is 0. The van der Waals surface area contributed by atoms with Crippen molar-refractivity contribution < 1.29 is 9.50 Å². The molecule has 2 aromatic rings. The Labute approximate surface area is 104 Å².